The number of hydrogen-bond acceptors (Lipinski definition) is 4. The van der Waals surface area contributed by atoms with Crippen LogP contribution < -0.4 is 11.1 Å². The molecule has 1 aliphatic carbocycles. The van der Waals surface area contributed by atoms with Crippen LogP contribution >= 0.6 is 11.6 Å². The molecule has 1 saturated carbocycles. The maximum atomic E-state index is 14.2. The molecular formula is C24H23ClFN5O3. The number of carbonyl (C=O) groups excluding carboxylic acids is 3. The van der Waals surface area contributed by atoms with Gasteiger partial charge in [0, 0.05) is 23.5 Å². The second-order valence-corrected chi connectivity index (χ2v) is 9.20. The predicted molar refractivity (Wildman–Crippen MR) is 123 cm³/mol. The van der Waals surface area contributed by atoms with Gasteiger partial charge in [-0.05, 0) is 37.3 Å². The first-order valence-electron chi connectivity index (χ1n) is 11.1. The number of para-hydroxylation sites is 1. The van der Waals surface area contributed by atoms with Crippen LogP contribution in [0, 0.1) is 11.7 Å². The molecule has 1 aromatic heterocycles. The molecule has 3 N–H and O–H groups in total. The van der Waals surface area contributed by atoms with Crippen LogP contribution in [0.25, 0.3) is 10.9 Å². The van der Waals surface area contributed by atoms with Gasteiger partial charge in [0.15, 0.2) is 0 Å². The quantitative estimate of drug-likeness (QED) is 0.581. The molecule has 3 amide bonds. The van der Waals surface area contributed by atoms with Gasteiger partial charge >= 0.3 is 6.03 Å². The van der Waals surface area contributed by atoms with Crippen molar-refractivity contribution in [2.75, 3.05) is 0 Å². The number of amides is 3. The molecule has 1 aliphatic heterocycles. The molecule has 0 radical (unpaired) electrons. The third-order valence-corrected chi connectivity index (χ3v) is 7.11. The zero-order chi connectivity index (χ0) is 24.0. The van der Waals surface area contributed by atoms with Crippen molar-refractivity contribution in [3.63, 3.8) is 0 Å². The first-order valence-corrected chi connectivity index (χ1v) is 11.5. The highest BCUT2D eigenvalue weighted by Crippen LogP contribution is 2.43. The van der Waals surface area contributed by atoms with E-state index in [-0.39, 0.29) is 47.3 Å². The number of nitrogens with zero attached hydrogens (tertiary/aromatic N) is 3. The number of piperidine rings is 1. The van der Waals surface area contributed by atoms with E-state index in [2.05, 4.69) is 10.4 Å². The van der Waals surface area contributed by atoms with E-state index in [1.165, 1.54) is 6.07 Å². The first-order chi connectivity index (χ1) is 16.3. The molecule has 1 saturated heterocycles. The minimum atomic E-state index is -0.736. The minimum Gasteiger partial charge on any atom is -0.350 e. The molecule has 2 fully saturated rings. The van der Waals surface area contributed by atoms with Crippen molar-refractivity contribution >= 4 is 40.3 Å². The average molecular weight is 484 g/mol. The lowest BCUT2D eigenvalue weighted by Crippen LogP contribution is -2.53. The van der Waals surface area contributed by atoms with E-state index >= 15 is 0 Å². The van der Waals surface area contributed by atoms with Crippen LogP contribution in [-0.4, -0.2) is 44.6 Å². The van der Waals surface area contributed by atoms with E-state index in [1.807, 2.05) is 0 Å². The average Bonchev–Trinajstić information content (AvgIpc) is 3.53. The van der Waals surface area contributed by atoms with Gasteiger partial charge < -0.3 is 16.0 Å². The van der Waals surface area contributed by atoms with Gasteiger partial charge in [0.2, 0.25) is 11.8 Å². The highest BCUT2D eigenvalue weighted by Gasteiger charge is 2.51. The molecule has 5 rings (SSSR count). The van der Waals surface area contributed by atoms with Gasteiger partial charge in [-0.25, -0.2) is 9.18 Å². The van der Waals surface area contributed by atoms with Crippen molar-refractivity contribution in [2.45, 2.75) is 44.3 Å². The Hall–Kier alpha value is -3.46. The second-order valence-electron chi connectivity index (χ2n) is 8.79. The third-order valence-electron chi connectivity index (χ3n) is 6.82. The molecule has 10 heteroatoms. The summed E-state index contributed by atoms with van der Waals surface area (Å²) in [5.41, 5.74) is 6.68. The monoisotopic (exact) mass is 483 g/mol. The summed E-state index contributed by atoms with van der Waals surface area (Å²) < 4.78 is 15.3. The van der Waals surface area contributed by atoms with E-state index < -0.39 is 17.9 Å². The highest BCUT2D eigenvalue weighted by atomic mass is 35.5. The molecule has 3 aromatic rings. The number of nitrogens with two attached hydrogens (primary N) is 1. The molecule has 176 valence electrons. The van der Waals surface area contributed by atoms with E-state index in [9.17, 15) is 18.8 Å². The maximum absolute atomic E-state index is 14.2. The normalized spacial score (nSPS) is 21.2. The number of carbonyl (C=O) groups is 3. The fourth-order valence-corrected chi connectivity index (χ4v) is 5.51. The van der Waals surface area contributed by atoms with E-state index in [1.54, 1.807) is 41.3 Å². The first kappa shape index (κ1) is 22.3. The summed E-state index contributed by atoms with van der Waals surface area (Å²) in [5, 5.41) is 7.70. The Labute approximate surface area is 199 Å². The molecule has 2 aliphatic rings. The summed E-state index contributed by atoms with van der Waals surface area (Å²) in [6.45, 7) is -0.0190. The lowest BCUT2D eigenvalue weighted by atomic mass is 9.97. The van der Waals surface area contributed by atoms with Crippen molar-refractivity contribution in [3.8, 4) is 0 Å². The molecule has 2 aromatic carbocycles. The molecule has 8 nitrogen and oxygen atoms in total. The van der Waals surface area contributed by atoms with E-state index in [0.29, 0.717) is 16.6 Å². The number of benzene rings is 2. The predicted octanol–water partition coefficient (Wildman–Crippen LogP) is 2.99. The molecular weight excluding hydrogens is 461 g/mol. The topological polar surface area (TPSA) is 110 Å². The Morgan fingerprint density at radius 2 is 1.94 bits per heavy atom. The van der Waals surface area contributed by atoms with Crippen LogP contribution in [0.2, 0.25) is 5.02 Å². The summed E-state index contributed by atoms with van der Waals surface area (Å²) >= 11 is 5.83. The van der Waals surface area contributed by atoms with Gasteiger partial charge in [-0.3, -0.25) is 9.59 Å². The molecule has 2 bridgehead atoms. The van der Waals surface area contributed by atoms with Gasteiger partial charge in [-0.2, -0.15) is 9.78 Å². The van der Waals surface area contributed by atoms with Crippen molar-refractivity contribution < 1.29 is 18.8 Å². The van der Waals surface area contributed by atoms with Gasteiger partial charge in [0.1, 0.15) is 11.9 Å². The van der Waals surface area contributed by atoms with Crippen molar-refractivity contribution in [1.29, 1.82) is 0 Å². The number of primary amides is 1. The molecule has 0 spiro atoms. The Balaban J connectivity index is 1.36. The van der Waals surface area contributed by atoms with Gasteiger partial charge in [-0.15, -0.1) is 0 Å². The smallest absolute Gasteiger partial charge is 0.340 e. The number of hydrogen-bond donors (Lipinski definition) is 2. The SMILES string of the molecule is NC(=O)n1nc(CC(=O)N2[C@@H]3CC[C@@H](C3)[C@H]2C(=O)NCc2cccc(Cl)c2F)c2ccccc21. The molecule has 0 unspecified atom stereocenters. The van der Waals surface area contributed by atoms with Crippen LogP contribution in [-0.2, 0) is 22.6 Å². The van der Waals surface area contributed by atoms with Crippen molar-refractivity contribution in [1.82, 2.24) is 20.0 Å². The minimum absolute atomic E-state index is 0.00824. The number of fused-ring (bicyclic) bond motifs is 3. The number of nitrogens with one attached hydrogen (secondary N) is 1. The number of aromatic nitrogens is 2. The van der Waals surface area contributed by atoms with E-state index in [4.69, 9.17) is 17.3 Å². The van der Waals surface area contributed by atoms with Gasteiger partial charge in [0.25, 0.3) is 0 Å². The number of likely N-dealkylation sites (tertiary alicyclic amines) is 1. The zero-order valence-electron chi connectivity index (χ0n) is 18.2. The van der Waals surface area contributed by atoms with Crippen molar-refractivity contribution in [3.05, 3.63) is 64.6 Å². The zero-order valence-corrected chi connectivity index (χ0v) is 19.0. The number of rotatable bonds is 5. The summed E-state index contributed by atoms with van der Waals surface area (Å²) in [4.78, 5) is 40.0. The Morgan fingerprint density at radius 1 is 1.15 bits per heavy atom. The van der Waals surface area contributed by atoms with Gasteiger partial charge in [0.05, 0.1) is 22.7 Å². The summed E-state index contributed by atoms with van der Waals surface area (Å²) in [6.07, 6.45) is 2.39. The van der Waals surface area contributed by atoms with Crippen LogP contribution in [0.5, 0.6) is 0 Å². The lowest BCUT2D eigenvalue weighted by molar-refractivity contribution is -0.142. The molecule has 2 heterocycles. The van der Waals surface area contributed by atoms with Crippen LogP contribution in [0.15, 0.2) is 42.5 Å². The summed E-state index contributed by atoms with van der Waals surface area (Å²) in [6, 6.07) is 10.3. The Kier molecular flexibility index (Phi) is 5.73. The molecule has 3 atom stereocenters. The van der Waals surface area contributed by atoms with Crippen LogP contribution in [0.1, 0.15) is 30.5 Å². The van der Waals surface area contributed by atoms with E-state index in [0.717, 1.165) is 23.9 Å². The standard InChI is InChI=1S/C24H23ClFN5O3/c25-17-6-3-4-14(21(17)26)12-28-23(33)22-13-8-9-15(10-13)30(22)20(32)11-18-16-5-1-2-7-19(16)31(29-18)24(27)34/h1-7,13,15,22H,8-12H2,(H2,27,34)(H,28,33)/t13-,15+,22-/m0/s1. The van der Waals surface area contributed by atoms with Gasteiger partial charge in [-0.1, -0.05) is 41.9 Å². The van der Waals surface area contributed by atoms with Crippen molar-refractivity contribution in [2.24, 2.45) is 11.7 Å². The highest BCUT2D eigenvalue weighted by molar-refractivity contribution is 6.30. The van der Waals surface area contributed by atoms with Crippen LogP contribution in [0.4, 0.5) is 9.18 Å². The lowest BCUT2D eigenvalue weighted by Gasteiger charge is -2.34. The van der Waals surface area contributed by atoms with Crippen LogP contribution in [0.3, 0.4) is 0 Å². The Morgan fingerprint density at radius 3 is 2.74 bits per heavy atom. The fraction of sp³-hybridized carbons (Fsp3) is 0.333. The third kappa shape index (κ3) is 3.79. The summed E-state index contributed by atoms with van der Waals surface area (Å²) in [5.74, 6) is -1.06. The summed E-state index contributed by atoms with van der Waals surface area (Å²) in [7, 11) is 0. The largest absolute Gasteiger partial charge is 0.350 e. The Bertz CT molecular complexity index is 1310. The second kappa shape index (κ2) is 8.72. The maximum Gasteiger partial charge on any atom is 0.340 e. The molecule has 34 heavy (non-hydrogen) atoms. The fourth-order valence-electron chi connectivity index (χ4n) is 5.32. The number of halogens is 2.